The standard InChI is InChI=1S/C25H21F3N4O4S/c1-3-5-20(33)36-16-8-9-17-18(21-13(2)37-23(31-21)22(29)34)12-32(19(17)11-16)24(35)30-15-7-4-6-14(10-15)25(26,27)28/h4,6-12H,3,5H2,1-2H3,(H2,29,34)(H,30,35). The van der Waals surface area contributed by atoms with Crippen molar-refractivity contribution in [2.75, 3.05) is 5.32 Å². The topological polar surface area (TPSA) is 116 Å². The van der Waals surface area contributed by atoms with Gasteiger partial charge in [-0.05, 0) is 43.7 Å². The molecule has 4 aromatic rings. The van der Waals surface area contributed by atoms with Crippen molar-refractivity contribution in [3.05, 3.63) is 64.1 Å². The third-order valence-electron chi connectivity index (χ3n) is 5.39. The summed E-state index contributed by atoms with van der Waals surface area (Å²) in [6, 6.07) is 8.17. The minimum atomic E-state index is -4.58. The molecule has 0 aliphatic carbocycles. The summed E-state index contributed by atoms with van der Waals surface area (Å²) in [5.41, 5.74) is 5.62. The van der Waals surface area contributed by atoms with Crippen molar-refractivity contribution in [3.8, 4) is 17.0 Å². The van der Waals surface area contributed by atoms with E-state index in [1.807, 2.05) is 6.92 Å². The van der Waals surface area contributed by atoms with E-state index in [0.717, 1.165) is 23.5 Å². The van der Waals surface area contributed by atoms with Crippen LogP contribution in [0.15, 0.2) is 48.7 Å². The quantitative estimate of drug-likeness (QED) is 0.235. The van der Waals surface area contributed by atoms with Crippen molar-refractivity contribution >= 4 is 45.8 Å². The normalized spacial score (nSPS) is 11.5. The molecule has 0 radical (unpaired) electrons. The van der Waals surface area contributed by atoms with Crippen LogP contribution in [0.3, 0.4) is 0 Å². The zero-order valence-electron chi connectivity index (χ0n) is 19.7. The number of hydrogen-bond acceptors (Lipinski definition) is 6. The number of anilines is 1. The molecule has 12 heteroatoms. The van der Waals surface area contributed by atoms with E-state index >= 15 is 0 Å². The minimum absolute atomic E-state index is 0.0605. The van der Waals surface area contributed by atoms with E-state index in [0.29, 0.717) is 33.5 Å². The lowest BCUT2D eigenvalue weighted by Crippen LogP contribution is -2.19. The van der Waals surface area contributed by atoms with Gasteiger partial charge in [0, 0.05) is 40.2 Å². The van der Waals surface area contributed by atoms with Crippen LogP contribution in [0.4, 0.5) is 23.7 Å². The van der Waals surface area contributed by atoms with Gasteiger partial charge in [-0.15, -0.1) is 11.3 Å². The summed E-state index contributed by atoms with van der Waals surface area (Å²) < 4.78 is 45.9. The first-order valence-corrected chi connectivity index (χ1v) is 11.9. The Bertz CT molecular complexity index is 1520. The van der Waals surface area contributed by atoms with Gasteiger partial charge in [0.1, 0.15) is 5.75 Å². The van der Waals surface area contributed by atoms with Gasteiger partial charge in [-0.25, -0.2) is 9.78 Å². The number of nitrogens with one attached hydrogen (secondary N) is 1. The number of nitrogens with two attached hydrogens (primary N) is 1. The zero-order chi connectivity index (χ0) is 26.9. The largest absolute Gasteiger partial charge is 0.426 e. The predicted molar refractivity (Wildman–Crippen MR) is 133 cm³/mol. The lowest BCUT2D eigenvalue weighted by Gasteiger charge is -2.11. The molecule has 0 saturated heterocycles. The Hall–Kier alpha value is -4.19. The van der Waals surface area contributed by atoms with Gasteiger partial charge in [0.2, 0.25) is 0 Å². The van der Waals surface area contributed by atoms with E-state index in [4.69, 9.17) is 10.5 Å². The molecule has 4 rings (SSSR count). The molecule has 192 valence electrons. The van der Waals surface area contributed by atoms with Gasteiger partial charge in [0.25, 0.3) is 5.91 Å². The number of esters is 1. The second kappa shape index (κ2) is 10.1. The number of alkyl halides is 3. The van der Waals surface area contributed by atoms with E-state index in [1.54, 1.807) is 19.1 Å². The van der Waals surface area contributed by atoms with Crippen LogP contribution >= 0.6 is 11.3 Å². The Balaban J connectivity index is 1.80. The molecule has 0 aliphatic rings. The van der Waals surface area contributed by atoms with Crippen LogP contribution in [0.2, 0.25) is 0 Å². The van der Waals surface area contributed by atoms with Crippen molar-refractivity contribution in [1.82, 2.24) is 9.55 Å². The second-order valence-electron chi connectivity index (χ2n) is 8.11. The van der Waals surface area contributed by atoms with Crippen molar-refractivity contribution in [1.29, 1.82) is 0 Å². The number of halogens is 3. The van der Waals surface area contributed by atoms with Gasteiger partial charge < -0.3 is 15.8 Å². The average Bonchev–Trinajstić information content (AvgIpc) is 3.39. The number of hydrogen-bond donors (Lipinski definition) is 2. The Morgan fingerprint density at radius 2 is 1.92 bits per heavy atom. The van der Waals surface area contributed by atoms with Crippen LogP contribution in [0, 0.1) is 6.92 Å². The molecule has 8 nitrogen and oxygen atoms in total. The number of nitrogens with zero attached hydrogens (tertiary/aromatic N) is 2. The van der Waals surface area contributed by atoms with Crippen LogP contribution in [-0.2, 0) is 11.0 Å². The zero-order valence-corrected chi connectivity index (χ0v) is 20.5. The molecule has 2 aromatic heterocycles. The molecule has 0 fully saturated rings. The van der Waals surface area contributed by atoms with Crippen molar-refractivity contribution < 1.29 is 32.3 Å². The smallest absolute Gasteiger partial charge is 0.416 e. The highest BCUT2D eigenvalue weighted by molar-refractivity contribution is 7.14. The van der Waals surface area contributed by atoms with Gasteiger partial charge in [0.15, 0.2) is 5.01 Å². The number of primary amides is 1. The molecule has 3 N–H and O–H groups in total. The van der Waals surface area contributed by atoms with Gasteiger partial charge >= 0.3 is 18.2 Å². The summed E-state index contributed by atoms with van der Waals surface area (Å²) in [7, 11) is 0. The number of carbonyl (C=O) groups is 3. The third-order valence-corrected chi connectivity index (χ3v) is 6.37. The monoisotopic (exact) mass is 530 g/mol. The van der Waals surface area contributed by atoms with Crippen LogP contribution in [0.25, 0.3) is 22.2 Å². The fourth-order valence-corrected chi connectivity index (χ4v) is 4.50. The predicted octanol–water partition coefficient (Wildman–Crippen LogP) is 5.98. The molecule has 2 amide bonds. The number of rotatable bonds is 6. The highest BCUT2D eigenvalue weighted by Gasteiger charge is 2.30. The number of benzene rings is 2. The molecule has 0 bridgehead atoms. The molecule has 2 aromatic carbocycles. The number of carbonyl (C=O) groups excluding carboxylic acids is 3. The van der Waals surface area contributed by atoms with E-state index in [2.05, 4.69) is 10.3 Å². The van der Waals surface area contributed by atoms with E-state index < -0.39 is 29.6 Å². The van der Waals surface area contributed by atoms with Gasteiger partial charge in [-0.3, -0.25) is 14.2 Å². The van der Waals surface area contributed by atoms with Crippen molar-refractivity contribution in [2.24, 2.45) is 5.73 Å². The Labute approximate surface area is 212 Å². The lowest BCUT2D eigenvalue weighted by atomic mass is 10.1. The summed E-state index contributed by atoms with van der Waals surface area (Å²) in [6.07, 6.45) is -2.33. The fourth-order valence-electron chi connectivity index (χ4n) is 3.72. The van der Waals surface area contributed by atoms with Crippen LogP contribution in [0.1, 0.15) is 40.0 Å². The maximum Gasteiger partial charge on any atom is 0.416 e. The number of aryl methyl sites for hydroxylation is 1. The number of ether oxygens (including phenoxy) is 1. The molecular weight excluding hydrogens is 509 g/mol. The van der Waals surface area contributed by atoms with E-state index in [9.17, 15) is 27.6 Å². The first-order valence-electron chi connectivity index (χ1n) is 11.1. The van der Waals surface area contributed by atoms with Crippen LogP contribution in [0.5, 0.6) is 5.75 Å². The number of thiazole rings is 1. The van der Waals surface area contributed by atoms with E-state index in [1.165, 1.54) is 29.0 Å². The first kappa shape index (κ1) is 25.9. The molecule has 0 spiro atoms. The number of aromatic nitrogens is 2. The van der Waals surface area contributed by atoms with Gasteiger partial charge in [-0.2, -0.15) is 13.2 Å². The Kier molecular flexibility index (Phi) is 7.03. The Morgan fingerprint density at radius 1 is 1.16 bits per heavy atom. The van der Waals surface area contributed by atoms with Crippen molar-refractivity contribution in [2.45, 2.75) is 32.9 Å². The first-order chi connectivity index (χ1) is 17.5. The summed E-state index contributed by atoms with van der Waals surface area (Å²) in [5, 5.41) is 3.10. The highest BCUT2D eigenvalue weighted by atomic mass is 32.1. The van der Waals surface area contributed by atoms with Crippen molar-refractivity contribution in [3.63, 3.8) is 0 Å². The maximum atomic E-state index is 13.2. The Morgan fingerprint density at radius 3 is 2.57 bits per heavy atom. The fraction of sp³-hybridized carbons (Fsp3) is 0.200. The average molecular weight is 531 g/mol. The molecule has 0 atom stereocenters. The van der Waals surface area contributed by atoms with E-state index in [-0.39, 0.29) is 22.9 Å². The summed E-state index contributed by atoms with van der Waals surface area (Å²) in [5.74, 6) is -0.956. The number of fused-ring (bicyclic) bond motifs is 1. The maximum absolute atomic E-state index is 13.2. The number of amides is 2. The minimum Gasteiger partial charge on any atom is -0.426 e. The summed E-state index contributed by atoms with van der Waals surface area (Å²) in [6.45, 7) is 3.57. The molecule has 0 unspecified atom stereocenters. The molecular formula is C25H21F3N4O4S. The summed E-state index contributed by atoms with van der Waals surface area (Å²) >= 11 is 1.10. The van der Waals surface area contributed by atoms with Crippen LogP contribution < -0.4 is 15.8 Å². The molecule has 0 saturated carbocycles. The summed E-state index contributed by atoms with van der Waals surface area (Å²) in [4.78, 5) is 41.9. The second-order valence-corrected chi connectivity index (χ2v) is 9.32. The third kappa shape index (κ3) is 5.48. The molecule has 0 aliphatic heterocycles. The molecule has 37 heavy (non-hydrogen) atoms. The SMILES string of the molecule is CCCC(=O)Oc1ccc2c(-c3nc(C(N)=O)sc3C)cn(C(=O)Nc3cccc(C(F)(F)F)c3)c2c1. The lowest BCUT2D eigenvalue weighted by molar-refractivity contribution is -0.137. The van der Waals surface area contributed by atoms with Gasteiger partial charge in [-0.1, -0.05) is 13.0 Å². The molecule has 2 heterocycles. The van der Waals surface area contributed by atoms with Crippen LogP contribution in [-0.4, -0.2) is 27.5 Å². The van der Waals surface area contributed by atoms with Gasteiger partial charge in [0.05, 0.1) is 16.8 Å². The highest BCUT2D eigenvalue weighted by Crippen LogP contribution is 2.36.